The molecule has 0 saturated carbocycles. The molecule has 0 unspecified atom stereocenters. The van der Waals surface area contributed by atoms with Crippen molar-refractivity contribution >= 4 is 5.91 Å². The van der Waals surface area contributed by atoms with E-state index in [1.807, 2.05) is 11.0 Å². The lowest BCUT2D eigenvalue weighted by atomic mass is 9.80. The van der Waals surface area contributed by atoms with Crippen molar-refractivity contribution in [3.63, 3.8) is 0 Å². The summed E-state index contributed by atoms with van der Waals surface area (Å²) in [6, 6.07) is 10.9. The Labute approximate surface area is 138 Å². The summed E-state index contributed by atoms with van der Waals surface area (Å²) in [6.45, 7) is 5.95. The van der Waals surface area contributed by atoms with Crippen molar-refractivity contribution in [1.29, 1.82) is 5.26 Å². The first kappa shape index (κ1) is 16.0. The summed E-state index contributed by atoms with van der Waals surface area (Å²) in [6.07, 6.45) is 2.00. The number of rotatable bonds is 2. The third-order valence-electron chi connectivity index (χ3n) is 5.43. The number of nitriles is 1. The topological polar surface area (TPSA) is 53.3 Å². The standard InChI is InChI=1S/C19H24N2O2/c1-14-5-3-4-6-17(14)16-11-15(2)21(12-16)18(22)19(13-20)7-9-23-10-8-19/h3-6,15-16H,7-12H2,1-2H3/t15-,16-/m1/s1. The molecule has 2 atom stereocenters. The minimum absolute atomic E-state index is 0.00637. The van der Waals surface area contributed by atoms with Crippen LogP contribution in [0.25, 0.3) is 0 Å². The molecule has 23 heavy (non-hydrogen) atoms. The van der Waals surface area contributed by atoms with E-state index in [4.69, 9.17) is 4.74 Å². The molecule has 0 N–H and O–H groups in total. The first-order valence-electron chi connectivity index (χ1n) is 8.43. The second kappa shape index (κ2) is 6.33. The molecule has 1 aromatic rings. The molecule has 0 spiro atoms. The quantitative estimate of drug-likeness (QED) is 0.843. The Morgan fingerprint density at radius 1 is 1.35 bits per heavy atom. The maximum absolute atomic E-state index is 13.1. The van der Waals surface area contributed by atoms with Crippen molar-refractivity contribution in [3.8, 4) is 6.07 Å². The zero-order valence-corrected chi connectivity index (χ0v) is 13.9. The predicted molar refractivity (Wildman–Crippen MR) is 87.8 cm³/mol. The van der Waals surface area contributed by atoms with Crippen LogP contribution in [0.1, 0.15) is 43.2 Å². The number of hydrogen-bond acceptors (Lipinski definition) is 3. The molecule has 1 amide bonds. The van der Waals surface area contributed by atoms with Crippen LogP contribution in [0.4, 0.5) is 0 Å². The van der Waals surface area contributed by atoms with E-state index in [0.717, 1.165) is 13.0 Å². The summed E-state index contributed by atoms with van der Waals surface area (Å²) in [5.74, 6) is 0.373. The molecule has 122 valence electrons. The van der Waals surface area contributed by atoms with E-state index in [-0.39, 0.29) is 11.9 Å². The lowest BCUT2D eigenvalue weighted by Gasteiger charge is -2.34. The molecule has 1 aromatic carbocycles. The lowest BCUT2D eigenvalue weighted by Crippen LogP contribution is -2.47. The van der Waals surface area contributed by atoms with Gasteiger partial charge in [0.2, 0.25) is 5.91 Å². The molecule has 3 rings (SSSR count). The molecule has 0 aliphatic carbocycles. The number of amides is 1. The van der Waals surface area contributed by atoms with Gasteiger partial charge in [0.1, 0.15) is 5.41 Å². The van der Waals surface area contributed by atoms with E-state index < -0.39 is 5.41 Å². The fourth-order valence-electron chi connectivity index (χ4n) is 3.95. The highest BCUT2D eigenvalue weighted by Gasteiger charge is 2.46. The lowest BCUT2D eigenvalue weighted by molar-refractivity contribution is -0.144. The Hall–Kier alpha value is -1.86. The van der Waals surface area contributed by atoms with Gasteiger partial charge in [-0.05, 0) is 44.2 Å². The van der Waals surface area contributed by atoms with Crippen LogP contribution in [0.2, 0.25) is 0 Å². The maximum atomic E-state index is 13.1. The Kier molecular flexibility index (Phi) is 4.41. The molecule has 2 aliphatic heterocycles. The Morgan fingerprint density at radius 2 is 2.04 bits per heavy atom. The van der Waals surface area contributed by atoms with Crippen LogP contribution in [-0.4, -0.2) is 36.6 Å². The number of hydrogen-bond donors (Lipinski definition) is 0. The number of benzene rings is 1. The van der Waals surface area contributed by atoms with Crippen molar-refractivity contribution < 1.29 is 9.53 Å². The monoisotopic (exact) mass is 312 g/mol. The molecule has 2 aliphatic rings. The van der Waals surface area contributed by atoms with Gasteiger partial charge in [0.25, 0.3) is 0 Å². The molecule has 0 bridgehead atoms. The van der Waals surface area contributed by atoms with Gasteiger partial charge in [-0.1, -0.05) is 24.3 Å². The number of carbonyl (C=O) groups is 1. The van der Waals surface area contributed by atoms with E-state index in [1.54, 1.807) is 0 Å². The fraction of sp³-hybridized carbons (Fsp3) is 0.579. The van der Waals surface area contributed by atoms with Gasteiger partial charge in [-0.15, -0.1) is 0 Å². The normalized spacial score (nSPS) is 26.7. The number of carbonyl (C=O) groups excluding carboxylic acids is 1. The van der Waals surface area contributed by atoms with Gasteiger partial charge >= 0.3 is 0 Å². The number of ether oxygens (including phenoxy) is 1. The van der Waals surface area contributed by atoms with Crippen molar-refractivity contribution in [3.05, 3.63) is 35.4 Å². The number of aryl methyl sites for hydroxylation is 1. The molecule has 2 saturated heterocycles. The smallest absolute Gasteiger partial charge is 0.243 e. The maximum Gasteiger partial charge on any atom is 0.243 e. The summed E-state index contributed by atoms with van der Waals surface area (Å²) in [4.78, 5) is 15.0. The van der Waals surface area contributed by atoms with Gasteiger partial charge in [0.05, 0.1) is 6.07 Å². The van der Waals surface area contributed by atoms with Gasteiger partial charge in [0, 0.05) is 31.7 Å². The largest absolute Gasteiger partial charge is 0.381 e. The van der Waals surface area contributed by atoms with E-state index in [9.17, 15) is 10.1 Å². The highest BCUT2D eigenvalue weighted by molar-refractivity contribution is 5.86. The van der Waals surface area contributed by atoms with E-state index in [0.29, 0.717) is 32.0 Å². The highest BCUT2D eigenvalue weighted by atomic mass is 16.5. The second-order valence-corrected chi connectivity index (χ2v) is 6.90. The summed E-state index contributed by atoms with van der Waals surface area (Å²) < 4.78 is 5.35. The molecule has 2 fully saturated rings. The average molecular weight is 312 g/mol. The van der Waals surface area contributed by atoms with Crippen LogP contribution in [0.5, 0.6) is 0 Å². The minimum Gasteiger partial charge on any atom is -0.381 e. The van der Waals surface area contributed by atoms with Crippen molar-refractivity contribution in [2.75, 3.05) is 19.8 Å². The van der Waals surface area contributed by atoms with Gasteiger partial charge in [-0.2, -0.15) is 5.26 Å². The third-order valence-corrected chi connectivity index (χ3v) is 5.43. The molecular formula is C19H24N2O2. The van der Waals surface area contributed by atoms with Crippen molar-refractivity contribution in [1.82, 2.24) is 4.90 Å². The minimum atomic E-state index is -0.882. The van der Waals surface area contributed by atoms with E-state index in [1.165, 1.54) is 11.1 Å². The molecule has 4 heteroatoms. The van der Waals surface area contributed by atoms with Crippen LogP contribution >= 0.6 is 0 Å². The first-order valence-corrected chi connectivity index (χ1v) is 8.43. The Morgan fingerprint density at radius 3 is 2.70 bits per heavy atom. The van der Waals surface area contributed by atoms with Crippen LogP contribution in [0, 0.1) is 23.7 Å². The predicted octanol–water partition coefficient (Wildman–Crippen LogP) is 3.02. The zero-order valence-electron chi connectivity index (χ0n) is 13.9. The zero-order chi connectivity index (χ0) is 16.4. The summed E-state index contributed by atoms with van der Waals surface area (Å²) in [5.41, 5.74) is 1.72. The average Bonchev–Trinajstić information content (AvgIpc) is 2.96. The van der Waals surface area contributed by atoms with Gasteiger partial charge in [-0.3, -0.25) is 4.79 Å². The van der Waals surface area contributed by atoms with E-state index in [2.05, 4.69) is 38.1 Å². The summed E-state index contributed by atoms with van der Waals surface area (Å²) >= 11 is 0. The molecule has 0 radical (unpaired) electrons. The molecule has 0 aromatic heterocycles. The van der Waals surface area contributed by atoms with Gasteiger partial charge in [-0.25, -0.2) is 0 Å². The van der Waals surface area contributed by atoms with Crippen LogP contribution < -0.4 is 0 Å². The summed E-state index contributed by atoms with van der Waals surface area (Å²) in [7, 11) is 0. The first-order chi connectivity index (χ1) is 11.1. The van der Waals surface area contributed by atoms with Crippen LogP contribution in [-0.2, 0) is 9.53 Å². The van der Waals surface area contributed by atoms with Crippen LogP contribution in [0.3, 0.4) is 0 Å². The fourth-order valence-corrected chi connectivity index (χ4v) is 3.95. The molecule has 2 heterocycles. The number of nitrogens with zero attached hydrogens (tertiary/aromatic N) is 2. The van der Waals surface area contributed by atoms with Gasteiger partial charge in [0.15, 0.2) is 0 Å². The van der Waals surface area contributed by atoms with Crippen molar-refractivity contribution in [2.24, 2.45) is 5.41 Å². The molecule has 4 nitrogen and oxygen atoms in total. The Balaban J connectivity index is 1.80. The SMILES string of the molecule is Cc1ccccc1[C@@H]1C[C@@H](C)N(C(=O)C2(C#N)CCOCC2)C1. The Bertz CT molecular complexity index is 629. The summed E-state index contributed by atoms with van der Waals surface area (Å²) in [5, 5.41) is 9.63. The second-order valence-electron chi connectivity index (χ2n) is 6.90. The van der Waals surface area contributed by atoms with Crippen molar-refractivity contribution in [2.45, 2.75) is 45.1 Å². The third kappa shape index (κ3) is 2.86. The molecular weight excluding hydrogens is 288 g/mol. The number of likely N-dealkylation sites (tertiary alicyclic amines) is 1. The van der Waals surface area contributed by atoms with Gasteiger partial charge < -0.3 is 9.64 Å². The highest BCUT2D eigenvalue weighted by Crippen LogP contribution is 2.38. The van der Waals surface area contributed by atoms with Crippen LogP contribution in [0.15, 0.2) is 24.3 Å². The van der Waals surface area contributed by atoms with E-state index >= 15 is 0 Å².